The highest BCUT2D eigenvalue weighted by molar-refractivity contribution is 5.66. The summed E-state index contributed by atoms with van der Waals surface area (Å²) in [5.74, 6) is 0.584. The predicted molar refractivity (Wildman–Crippen MR) is 82.4 cm³/mol. The maximum Gasteiger partial charge on any atom is 0.303 e. The van der Waals surface area contributed by atoms with E-state index in [-0.39, 0.29) is 0 Å². The summed E-state index contributed by atoms with van der Waals surface area (Å²) in [5.41, 5.74) is 0. The van der Waals surface area contributed by atoms with Crippen LogP contribution in [0.15, 0.2) is 0 Å². The lowest BCUT2D eigenvalue weighted by Gasteiger charge is -2.35. The van der Waals surface area contributed by atoms with Crippen molar-refractivity contribution in [3.05, 3.63) is 0 Å². The minimum atomic E-state index is -0.673. The number of carboxylic acid groups (broad SMARTS) is 1. The van der Waals surface area contributed by atoms with Crippen LogP contribution in [-0.2, 0) is 9.53 Å². The number of carbonyl (C=O) groups is 1. The third-order valence-electron chi connectivity index (χ3n) is 4.44. The summed E-state index contributed by atoms with van der Waals surface area (Å²) < 4.78 is 5.91. The fourth-order valence-electron chi connectivity index (χ4n) is 3.50. The molecule has 0 spiro atoms. The number of aliphatic carboxylic acids is 1. The fraction of sp³-hybridized carbons (Fsp3) is 0.938. The highest BCUT2D eigenvalue weighted by Gasteiger charge is 2.28. The van der Waals surface area contributed by atoms with Crippen LogP contribution in [0.1, 0.15) is 33.1 Å². The van der Waals surface area contributed by atoms with Gasteiger partial charge in [0.25, 0.3) is 0 Å². The van der Waals surface area contributed by atoms with E-state index in [2.05, 4.69) is 23.6 Å². The number of morpholine rings is 1. The van der Waals surface area contributed by atoms with Crippen molar-refractivity contribution in [2.24, 2.45) is 11.8 Å². The molecule has 2 saturated heterocycles. The van der Waals surface area contributed by atoms with Crippen LogP contribution in [-0.4, -0.2) is 72.9 Å². The number of hydrogen-bond acceptors (Lipinski definition) is 4. The molecule has 2 rings (SSSR count). The Hall–Kier alpha value is -0.650. The Morgan fingerprint density at radius 1 is 1.29 bits per heavy atom. The Kier molecular flexibility index (Phi) is 6.45. The van der Waals surface area contributed by atoms with Crippen molar-refractivity contribution in [3.63, 3.8) is 0 Å². The van der Waals surface area contributed by atoms with Gasteiger partial charge in [-0.25, -0.2) is 0 Å². The zero-order valence-electron chi connectivity index (χ0n) is 13.5. The van der Waals surface area contributed by atoms with Gasteiger partial charge in [-0.2, -0.15) is 0 Å². The Morgan fingerprint density at radius 3 is 2.81 bits per heavy atom. The molecule has 0 aromatic carbocycles. The largest absolute Gasteiger partial charge is 0.481 e. The molecule has 5 heteroatoms. The van der Waals surface area contributed by atoms with Gasteiger partial charge in [-0.05, 0) is 31.2 Å². The van der Waals surface area contributed by atoms with E-state index in [1.807, 2.05) is 0 Å². The number of rotatable bonds is 7. The molecule has 0 radical (unpaired) electrons. The van der Waals surface area contributed by atoms with E-state index in [1.165, 1.54) is 0 Å². The normalized spacial score (nSPS) is 28.3. The van der Waals surface area contributed by atoms with Gasteiger partial charge in [-0.3, -0.25) is 9.69 Å². The van der Waals surface area contributed by atoms with Gasteiger partial charge in [0.1, 0.15) is 0 Å². The predicted octanol–water partition coefficient (Wildman–Crippen LogP) is 1.53. The average Bonchev–Trinajstić information content (AvgIpc) is 2.83. The molecular formula is C16H30N2O3. The molecule has 122 valence electrons. The van der Waals surface area contributed by atoms with Gasteiger partial charge in [-0.15, -0.1) is 0 Å². The monoisotopic (exact) mass is 298 g/mol. The van der Waals surface area contributed by atoms with Gasteiger partial charge < -0.3 is 14.7 Å². The van der Waals surface area contributed by atoms with Gasteiger partial charge in [0.2, 0.25) is 0 Å². The first-order valence-corrected chi connectivity index (χ1v) is 8.31. The van der Waals surface area contributed by atoms with Crippen LogP contribution >= 0.6 is 0 Å². The van der Waals surface area contributed by atoms with Gasteiger partial charge in [-0.1, -0.05) is 13.8 Å². The molecule has 0 bridgehead atoms. The lowest BCUT2D eigenvalue weighted by atomic mass is 10.0. The standard InChI is InChI=1S/C16H30N2O3/c1-13(2)9-18-7-8-21-15(12-18)11-17-6-5-14(10-17)3-4-16(19)20/h13-15H,3-12H2,1-2H3,(H,19,20). The number of ether oxygens (including phenoxy) is 1. The van der Waals surface area contributed by atoms with Crippen molar-refractivity contribution in [2.45, 2.75) is 39.2 Å². The number of nitrogens with zero attached hydrogens (tertiary/aromatic N) is 2. The highest BCUT2D eigenvalue weighted by atomic mass is 16.5. The number of hydrogen-bond donors (Lipinski definition) is 1. The molecule has 0 aliphatic carbocycles. The van der Waals surface area contributed by atoms with Crippen molar-refractivity contribution in [2.75, 3.05) is 45.9 Å². The van der Waals surface area contributed by atoms with Gasteiger partial charge in [0, 0.05) is 39.1 Å². The molecule has 2 aliphatic rings. The quantitative estimate of drug-likeness (QED) is 0.772. The Labute approximate surface area is 128 Å². The summed E-state index contributed by atoms with van der Waals surface area (Å²) in [6.07, 6.45) is 2.57. The van der Waals surface area contributed by atoms with Crippen molar-refractivity contribution in [3.8, 4) is 0 Å². The molecule has 0 saturated carbocycles. The molecule has 1 N–H and O–H groups in total. The smallest absolute Gasteiger partial charge is 0.303 e. The fourth-order valence-corrected chi connectivity index (χ4v) is 3.50. The number of likely N-dealkylation sites (tertiary alicyclic amines) is 1. The molecule has 21 heavy (non-hydrogen) atoms. The van der Waals surface area contributed by atoms with E-state index in [9.17, 15) is 4.79 Å². The van der Waals surface area contributed by atoms with Crippen molar-refractivity contribution in [1.82, 2.24) is 9.80 Å². The molecule has 0 aromatic heterocycles. The first kappa shape index (κ1) is 16.7. The molecule has 0 aromatic rings. The molecule has 2 unspecified atom stereocenters. The molecule has 2 heterocycles. The van der Waals surface area contributed by atoms with E-state index >= 15 is 0 Å². The molecule has 2 fully saturated rings. The second kappa shape index (κ2) is 8.11. The van der Waals surface area contributed by atoms with Crippen molar-refractivity contribution in [1.29, 1.82) is 0 Å². The Balaban J connectivity index is 1.69. The minimum Gasteiger partial charge on any atom is -0.481 e. The van der Waals surface area contributed by atoms with E-state index in [1.54, 1.807) is 0 Å². The molecule has 2 aliphatic heterocycles. The maximum absolute atomic E-state index is 10.6. The van der Waals surface area contributed by atoms with Crippen LogP contribution in [0, 0.1) is 11.8 Å². The van der Waals surface area contributed by atoms with Crippen molar-refractivity contribution >= 4 is 5.97 Å². The van der Waals surface area contributed by atoms with Gasteiger partial charge in [0.05, 0.1) is 12.7 Å². The average molecular weight is 298 g/mol. The maximum atomic E-state index is 10.6. The van der Waals surface area contributed by atoms with Crippen LogP contribution in [0.5, 0.6) is 0 Å². The van der Waals surface area contributed by atoms with Crippen LogP contribution < -0.4 is 0 Å². The van der Waals surface area contributed by atoms with Crippen LogP contribution in [0.3, 0.4) is 0 Å². The third-order valence-corrected chi connectivity index (χ3v) is 4.44. The molecule has 0 amide bonds. The van der Waals surface area contributed by atoms with E-state index in [0.717, 1.165) is 58.7 Å². The van der Waals surface area contributed by atoms with Crippen LogP contribution in [0.2, 0.25) is 0 Å². The summed E-state index contributed by atoms with van der Waals surface area (Å²) in [6.45, 7) is 11.7. The minimum absolute atomic E-state index is 0.306. The summed E-state index contributed by atoms with van der Waals surface area (Å²) in [5, 5.41) is 8.76. The van der Waals surface area contributed by atoms with Crippen LogP contribution in [0.25, 0.3) is 0 Å². The topological polar surface area (TPSA) is 53.0 Å². The third kappa shape index (κ3) is 5.93. The highest BCUT2D eigenvalue weighted by Crippen LogP contribution is 2.22. The zero-order chi connectivity index (χ0) is 15.2. The van der Waals surface area contributed by atoms with E-state index < -0.39 is 5.97 Å². The lowest BCUT2D eigenvalue weighted by Crippen LogP contribution is -2.48. The molecule has 5 nitrogen and oxygen atoms in total. The summed E-state index contributed by atoms with van der Waals surface area (Å²) in [6, 6.07) is 0. The Morgan fingerprint density at radius 2 is 2.10 bits per heavy atom. The summed E-state index contributed by atoms with van der Waals surface area (Å²) >= 11 is 0. The summed E-state index contributed by atoms with van der Waals surface area (Å²) in [4.78, 5) is 15.6. The second-order valence-electron chi connectivity index (χ2n) is 6.99. The first-order chi connectivity index (χ1) is 10.0. The van der Waals surface area contributed by atoms with Gasteiger partial charge >= 0.3 is 5.97 Å². The first-order valence-electron chi connectivity index (χ1n) is 8.31. The molecule has 2 atom stereocenters. The lowest BCUT2D eigenvalue weighted by molar-refractivity contribution is -0.137. The summed E-state index contributed by atoms with van der Waals surface area (Å²) in [7, 11) is 0. The SMILES string of the molecule is CC(C)CN1CCOC(CN2CCC(CCC(=O)O)C2)C1. The van der Waals surface area contributed by atoms with Crippen molar-refractivity contribution < 1.29 is 14.6 Å². The Bertz CT molecular complexity index is 335. The second-order valence-corrected chi connectivity index (χ2v) is 6.99. The van der Waals surface area contributed by atoms with Gasteiger partial charge in [0.15, 0.2) is 0 Å². The zero-order valence-corrected chi connectivity index (χ0v) is 13.5. The molecular weight excluding hydrogens is 268 g/mol. The van der Waals surface area contributed by atoms with E-state index in [0.29, 0.717) is 24.4 Å². The number of carboxylic acids is 1. The van der Waals surface area contributed by atoms with E-state index in [4.69, 9.17) is 9.84 Å². The van der Waals surface area contributed by atoms with Crippen LogP contribution in [0.4, 0.5) is 0 Å².